The number of carbonyl (C=O) groups excluding carboxylic acids is 2. The average molecular weight is 365 g/mol. The number of hydrogen-bond acceptors (Lipinski definition) is 3. The SMILES string of the molecule is CC(C)N1CCN(C(=O)[C@H]2CC[C@H](NC(=O)N3CCCC3C)CC2)CC1. The first kappa shape index (κ1) is 19.5. The summed E-state index contributed by atoms with van der Waals surface area (Å²) < 4.78 is 0. The predicted octanol–water partition coefficient (Wildman–Crippen LogP) is 2.29. The zero-order valence-corrected chi connectivity index (χ0v) is 16.7. The number of likely N-dealkylation sites (tertiary alicyclic amines) is 1. The van der Waals surface area contributed by atoms with Crippen molar-refractivity contribution in [1.29, 1.82) is 0 Å². The van der Waals surface area contributed by atoms with Gasteiger partial charge >= 0.3 is 6.03 Å². The van der Waals surface area contributed by atoms with Gasteiger partial charge in [-0.05, 0) is 59.3 Å². The van der Waals surface area contributed by atoms with E-state index in [1.165, 1.54) is 0 Å². The molecule has 2 saturated heterocycles. The molecule has 1 unspecified atom stereocenters. The zero-order valence-electron chi connectivity index (χ0n) is 16.7. The third-order valence-corrected chi connectivity index (χ3v) is 6.57. The summed E-state index contributed by atoms with van der Waals surface area (Å²) in [5.41, 5.74) is 0. The fourth-order valence-corrected chi connectivity index (χ4v) is 4.69. The summed E-state index contributed by atoms with van der Waals surface area (Å²) in [6.07, 6.45) is 5.89. The fourth-order valence-electron chi connectivity index (χ4n) is 4.69. The summed E-state index contributed by atoms with van der Waals surface area (Å²) in [6.45, 7) is 11.1. The Morgan fingerprint density at radius 2 is 1.58 bits per heavy atom. The van der Waals surface area contributed by atoms with Crippen LogP contribution in [-0.2, 0) is 4.79 Å². The highest BCUT2D eigenvalue weighted by molar-refractivity contribution is 5.79. The van der Waals surface area contributed by atoms with Crippen LogP contribution in [0.15, 0.2) is 0 Å². The first-order chi connectivity index (χ1) is 12.5. The molecular formula is C20H36N4O2. The summed E-state index contributed by atoms with van der Waals surface area (Å²) >= 11 is 0. The standard InChI is InChI=1S/C20H36N4O2/c1-15(2)22-11-13-23(14-12-22)19(25)17-6-8-18(9-7-17)21-20(26)24-10-4-5-16(24)3/h15-18H,4-14H2,1-3H3,(H,21,26)/t16?,17-,18-. The van der Waals surface area contributed by atoms with Crippen LogP contribution in [0.3, 0.4) is 0 Å². The van der Waals surface area contributed by atoms with E-state index in [2.05, 4.69) is 35.9 Å². The monoisotopic (exact) mass is 364 g/mol. The van der Waals surface area contributed by atoms with Crippen LogP contribution in [-0.4, -0.2) is 77.5 Å². The number of urea groups is 1. The molecule has 3 aliphatic rings. The van der Waals surface area contributed by atoms with Gasteiger partial charge in [0.25, 0.3) is 0 Å². The largest absolute Gasteiger partial charge is 0.340 e. The summed E-state index contributed by atoms with van der Waals surface area (Å²) in [4.78, 5) is 31.7. The fraction of sp³-hybridized carbons (Fsp3) is 0.900. The Morgan fingerprint density at radius 1 is 0.923 bits per heavy atom. The second kappa shape index (κ2) is 8.59. The lowest BCUT2D eigenvalue weighted by molar-refractivity contribution is -0.138. The molecule has 0 aromatic heterocycles. The van der Waals surface area contributed by atoms with Crippen molar-refractivity contribution in [3.05, 3.63) is 0 Å². The summed E-state index contributed by atoms with van der Waals surface area (Å²) in [5.74, 6) is 0.491. The van der Waals surface area contributed by atoms with Crippen molar-refractivity contribution < 1.29 is 9.59 Å². The van der Waals surface area contributed by atoms with E-state index in [-0.39, 0.29) is 18.0 Å². The van der Waals surface area contributed by atoms with Crippen molar-refractivity contribution in [2.75, 3.05) is 32.7 Å². The van der Waals surface area contributed by atoms with Crippen LogP contribution in [0.1, 0.15) is 59.3 Å². The Labute approximate surface area is 158 Å². The lowest BCUT2D eigenvalue weighted by Gasteiger charge is -2.39. The molecule has 1 atom stereocenters. The maximum Gasteiger partial charge on any atom is 0.317 e. The van der Waals surface area contributed by atoms with E-state index in [0.29, 0.717) is 18.0 Å². The topological polar surface area (TPSA) is 55.9 Å². The third kappa shape index (κ3) is 4.51. The highest BCUT2D eigenvalue weighted by Crippen LogP contribution is 2.27. The van der Waals surface area contributed by atoms with Crippen molar-refractivity contribution in [3.8, 4) is 0 Å². The third-order valence-electron chi connectivity index (χ3n) is 6.57. The van der Waals surface area contributed by atoms with E-state index in [9.17, 15) is 9.59 Å². The van der Waals surface area contributed by atoms with Crippen LogP contribution in [0.5, 0.6) is 0 Å². The number of carbonyl (C=O) groups is 2. The van der Waals surface area contributed by atoms with Gasteiger partial charge in [-0.25, -0.2) is 4.79 Å². The molecule has 0 bridgehead atoms. The van der Waals surface area contributed by atoms with Crippen LogP contribution in [0.4, 0.5) is 4.79 Å². The van der Waals surface area contributed by atoms with E-state index in [0.717, 1.165) is 71.2 Å². The molecule has 3 amide bonds. The second-order valence-corrected chi connectivity index (χ2v) is 8.64. The Balaban J connectivity index is 1.41. The molecule has 148 valence electrons. The van der Waals surface area contributed by atoms with Crippen molar-refractivity contribution in [1.82, 2.24) is 20.0 Å². The number of piperazine rings is 1. The number of rotatable bonds is 3. The molecule has 2 aliphatic heterocycles. The van der Waals surface area contributed by atoms with Crippen LogP contribution in [0, 0.1) is 5.92 Å². The predicted molar refractivity (Wildman–Crippen MR) is 103 cm³/mol. The van der Waals surface area contributed by atoms with Gasteiger partial charge in [-0.2, -0.15) is 0 Å². The van der Waals surface area contributed by atoms with E-state index in [4.69, 9.17) is 0 Å². The highest BCUT2D eigenvalue weighted by Gasteiger charge is 2.33. The summed E-state index contributed by atoms with van der Waals surface area (Å²) in [7, 11) is 0. The molecule has 1 saturated carbocycles. The maximum absolute atomic E-state index is 12.8. The molecular weight excluding hydrogens is 328 g/mol. The highest BCUT2D eigenvalue weighted by atomic mass is 16.2. The number of hydrogen-bond donors (Lipinski definition) is 1. The van der Waals surface area contributed by atoms with Crippen LogP contribution in [0.25, 0.3) is 0 Å². The van der Waals surface area contributed by atoms with E-state index in [1.54, 1.807) is 0 Å². The molecule has 26 heavy (non-hydrogen) atoms. The van der Waals surface area contributed by atoms with Gasteiger partial charge in [0.2, 0.25) is 5.91 Å². The lowest BCUT2D eigenvalue weighted by atomic mass is 9.85. The van der Waals surface area contributed by atoms with Crippen molar-refractivity contribution >= 4 is 11.9 Å². The van der Waals surface area contributed by atoms with Gasteiger partial charge in [-0.3, -0.25) is 9.69 Å². The maximum atomic E-state index is 12.8. The van der Waals surface area contributed by atoms with Crippen LogP contribution < -0.4 is 5.32 Å². The Morgan fingerprint density at radius 3 is 2.12 bits per heavy atom. The van der Waals surface area contributed by atoms with E-state index < -0.39 is 0 Å². The smallest absolute Gasteiger partial charge is 0.317 e. The van der Waals surface area contributed by atoms with Crippen molar-refractivity contribution in [2.24, 2.45) is 5.92 Å². The van der Waals surface area contributed by atoms with E-state index in [1.807, 2.05) is 4.90 Å². The van der Waals surface area contributed by atoms with Gasteiger partial charge in [0.1, 0.15) is 0 Å². The Hall–Kier alpha value is -1.30. The van der Waals surface area contributed by atoms with Gasteiger partial charge in [0, 0.05) is 56.8 Å². The summed E-state index contributed by atoms with van der Waals surface area (Å²) in [5, 5.41) is 3.20. The molecule has 0 radical (unpaired) electrons. The summed E-state index contributed by atoms with van der Waals surface area (Å²) in [6, 6.07) is 1.24. The minimum absolute atomic E-state index is 0.0922. The van der Waals surface area contributed by atoms with Gasteiger partial charge in [-0.1, -0.05) is 0 Å². The minimum atomic E-state index is 0.0922. The molecule has 3 rings (SSSR count). The minimum Gasteiger partial charge on any atom is -0.340 e. The zero-order chi connectivity index (χ0) is 18.7. The molecule has 1 N–H and O–H groups in total. The van der Waals surface area contributed by atoms with Gasteiger partial charge < -0.3 is 15.1 Å². The Bertz CT molecular complexity index is 494. The first-order valence-corrected chi connectivity index (χ1v) is 10.6. The molecule has 0 aromatic rings. The molecule has 0 aromatic carbocycles. The van der Waals surface area contributed by atoms with E-state index >= 15 is 0 Å². The second-order valence-electron chi connectivity index (χ2n) is 8.64. The Kier molecular flexibility index (Phi) is 6.43. The molecule has 6 nitrogen and oxygen atoms in total. The van der Waals surface area contributed by atoms with Crippen LogP contribution >= 0.6 is 0 Å². The van der Waals surface area contributed by atoms with Crippen molar-refractivity contribution in [2.45, 2.75) is 77.4 Å². The number of nitrogens with one attached hydrogen (secondary N) is 1. The number of nitrogens with zero attached hydrogens (tertiary/aromatic N) is 3. The average Bonchev–Trinajstić information content (AvgIpc) is 3.08. The van der Waals surface area contributed by atoms with Crippen molar-refractivity contribution in [3.63, 3.8) is 0 Å². The number of amides is 3. The molecule has 1 aliphatic carbocycles. The molecule has 6 heteroatoms. The first-order valence-electron chi connectivity index (χ1n) is 10.6. The van der Waals surface area contributed by atoms with Gasteiger partial charge in [0.05, 0.1) is 0 Å². The normalized spacial score (nSPS) is 30.7. The molecule has 2 heterocycles. The van der Waals surface area contributed by atoms with Gasteiger partial charge in [-0.15, -0.1) is 0 Å². The molecule has 3 fully saturated rings. The molecule has 0 spiro atoms. The quantitative estimate of drug-likeness (QED) is 0.836. The lowest BCUT2D eigenvalue weighted by Crippen LogP contribution is -2.53. The van der Waals surface area contributed by atoms with Crippen LogP contribution in [0.2, 0.25) is 0 Å². The van der Waals surface area contributed by atoms with Gasteiger partial charge in [0.15, 0.2) is 0 Å².